The molecule has 1 aromatic heterocycles. The lowest BCUT2D eigenvalue weighted by molar-refractivity contribution is 0.471. The summed E-state index contributed by atoms with van der Waals surface area (Å²) < 4.78 is 1.81. The van der Waals surface area contributed by atoms with Crippen molar-refractivity contribution < 1.29 is 5.11 Å². The fraction of sp³-hybridized carbons (Fsp3) is 0.750. The molecule has 15 heavy (non-hydrogen) atoms. The van der Waals surface area contributed by atoms with E-state index >= 15 is 0 Å². The summed E-state index contributed by atoms with van der Waals surface area (Å²) in [7, 11) is 0. The molecule has 3 heteroatoms. The van der Waals surface area contributed by atoms with Gasteiger partial charge in [-0.3, -0.25) is 4.68 Å². The summed E-state index contributed by atoms with van der Waals surface area (Å²) in [6.45, 7) is 3.17. The van der Waals surface area contributed by atoms with Crippen molar-refractivity contribution in [1.82, 2.24) is 9.78 Å². The maximum Gasteiger partial charge on any atom is 0.153 e. The quantitative estimate of drug-likeness (QED) is 0.668. The molecule has 0 saturated carbocycles. The molecule has 1 rings (SSSR count). The van der Waals surface area contributed by atoms with Gasteiger partial charge in [0, 0.05) is 6.54 Å². The molecule has 0 amide bonds. The number of unbranched alkanes of at least 4 members (excludes halogenated alkanes) is 6. The molecule has 1 aromatic rings. The van der Waals surface area contributed by atoms with E-state index in [1.807, 2.05) is 0 Å². The van der Waals surface area contributed by atoms with Gasteiger partial charge >= 0.3 is 0 Å². The molecule has 1 heterocycles. The average Bonchev–Trinajstić information content (AvgIpc) is 2.63. The highest BCUT2D eigenvalue weighted by Gasteiger charge is 1.95. The molecule has 0 aliphatic carbocycles. The first-order valence-corrected chi connectivity index (χ1v) is 6.04. The molecular weight excluding hydrogens is 188 g/mol. The molecule has 0 saturated heterocycles. The van der Waals surface area contributed by atoms with Crippen LogP contribution >= 0.6 is 0 Å². The van der Waals surface area contributed by atoms with Crippen LogP contribution in [0.15, 0.2) is 12.4 Å². The predicted molar refractivity (Wildman–Crippen MR) is 61.9 cm³/mol. The molecule has 0 aliphatic heterocycles. The van der Waals surface area contributed by atoms with Crippen molar-refractivity contribution in [3.63, 3.8) is 0 Å². The van der Waals surface area contributed by atoms with Crippen LogP contribution in [0.5, 0.6) is 5.75 Å². The Hall–Kier alpha value is -0.990. The monoisotopic (exact) mass is 210 g/mol. The van der Waals surface area contributed by atoms with Gasteiger partial charge in [0.1, 0.15) is 0 Å². The van der Waals surface area contributed by atoms with Crippen LogP contribution in [-0.2, 0) is 6.54 Å². The number of aromatic hydroxyl groups is 1. The number of aromatic nitrogens is 2. The minimum atomic E-state index is 0.262. The van der Waals surface area contributed by atoms with Crippen molar-refractivity contribution in [1.29, 1.82) is 0 Å². The van der Waals surface area contributed by atoms with E-state index in [1.165, 1.54) is 44.7 Å². The minimum absolute atomic E-state index is 0.262. The fourth-order valence-corrected chi connectivity index (χ4v) is 1.71. The van der Waals surface area contributed by atoms with Gasteiger partial charge in [0.25, 0.3) is 0 Å². The lowest BCUT2D eigenvalue weighted by Gasteiger charge is -2.01. The fourth-order valence-electron chi connectivity index (χ4n) is 1.71. The largest absolute Gasteiger partial charge is 0.505 e. The molecule has 3 nitrogen and oxygen atoms in total. The molecule has 0 fully saturated rings. The van der Waals surface area contributed by atoms with E-state index in [1.54, 1.807) is 10.9 Å². The second-order valence-electron chi connectivity index (χ2n) is 4.08. The predicted octanol–water partition coefficient (Wildman–Crippen LogP) is 3.34. The van der Waals surface area contributed by atoms with Crippen molar-refractivity contribution in [2.45, 2.75) is 58.4 Å². The Morgan fingerprint density at radius 2 is 1.80 bits per heavy atom. The number of rotatable bonds is 8. The van der Waals surface area contributed by atoms with E-state index in [0.29, 0.717) is 0 Å². The molecule has 0 spiro atoms. The van der Waals surface area contributed by atoms with Crippen molar-refractivity contribution >= 4 is 0 Å². The van der Waals surface area contributed by atoms with Crippen LogP contribution in [-0.4, -0.2) is 14.9 Å². The van der Waals surface area contributed by atoms with Gasteiger partial charge in [0.05, 0.1) is 12.4 Å². The third-order valence-corrected chi connectivity index (χ3v) is 2.61. The topological polar surface area (TPSA) is 38.0 Å². The Kier molecular flexibility index (Phi) is 5.90. The highest BCUT2D eigenvalue weighted by Crippen LogP contribution is 2.09. The van der Waals surface area contributed by atoms with Crippen molar-refractivity contribution in [3.8, 4) is 5.75 Å². The second kappa shape index (κ2) is 7.32. The summed E-state index contributed by atoms with van der Waals surface area (Å²) in [5.41, 5.74) is 0. The molecule has 0 bridgehead atoms. The summed E-state index contributed by atoms with van der Waals surface area (Å²) in [6, 6.07) is 0. The van der Waals surface area contributed by atoms with E-state index < -0.39 is 0 Å². The zero-order chi connectivity index (χ0) is 10.9. The van der Waals surface area contributed by atoms with Gasteiger partial charge in [-0.2, -0.15) is 5.10 Å². The van der Waals surface area contributed by atoms with Crippen LogP contribution in [0.3, 0.4) is 0 Å². The normalized spacial score (nSPS) is 10.7. The first-order chi connectivity index (χ1) is 7.33. The zero-order valence-corrected chi connectivity index (χ0v) is 9.65. The van der Waals surface area contributed by atoms with Crippen LogP contribution in [0.1, 0.15) is 51.9 Å². The van der Waals surface area contributed by atoms with E-state index in [0.717, 1.165) is 13.0 Å². The summed E-state index contributed by atoms with van der Waals surface area (Å²) in [5, 5.41) is 13.1. The molecule has 0 atom stereocenters. The Morgan fingerprint density at radius 3 is 2.40 bits per heavy atom. The van der Waals surface area contributed by atoms with Gasteiger partial charge in [-0.15, -0.1) is 0 Å². The lowest BCUT2D eigenvalue weighted by atomic mass is 10.1. The lowest BCUT2D eigenvalue weighted by Crippen LogP contribution is -1.97. The second-order valence-corrected chi connectivity index (χ2v) is 4.08. The number of hydrogen-bond donors (Lipinski definition) is 1. The van der Waals surface area contributed by atoms with Crippen LogP contribution in [0.2, 0.25) is 0 Å². The molecule has 0 radical (unpaired) electrons. The number of nitrogens with zero attached hydrogens (tertiary/aromatic N) is 2. The van der Waals surface area contributed by atoms with Crippen molar-refractivity contribution in [2.75, 3.05) is 0 Å². The van der Waals surface area contributed by atoms with Gasteiger partial charge in [-0.05, 0) is 6.42 Å². The Bertz CT molecular complexity index is 258. The smallest absolute Gasteiger partial charge is 0.153 e. The Morgan fingerprint density at radius 1 is 1.13 bits per heavy atom. The maximum absolute atomic E-state index is 9.07. The third-order valence-electron chi connectivity index (χ3n) is 2.61. The van der Waals surface area contributed by atoms with Gasteiger partial charge in [0.2, 0.25) is 0 Å². The summed E-state index contributed by atoms with van der Waals surface area (Å²) in [4.78, 5) is 0. The van der Waals surface area contributed by atoms with E-state index in [-0.39, 0.29) is 5.75 Å². The highest BCUT2D eigenvalue weighted by molar-refractivity contribution is 5.08. The number of hydrogen-bond acceptors (Lipinski definition) is 2. The molecule has 0 aromatic carbocycles. The average molecular weight is 210 g/mol. The summed E-state index contributed by atoms with van der Waals surface area (Å²) >= 11 is 0. The van der Waals surface area contributed by atoms with Crippen LogP contribution in [0.4, 0.5) is 0 Å². The SMILES string of the molecule is CCCCCCCCCn1cc(O)cn1. The first-order valence-electron chi connectivity index (χ1n) is 6.04. The van der Waals surface area contributed by atoms with E-state index in [4.69, 9.17) is 5.11 Å². The maximum atomic E-state index is 9.07. The first kappa shape index (κ1) is 12.1. The van der Waals surface area contributed by atoms with E-state index in [9.17, 15) is 0 Å². The summed E-state index contributed by atoms with van der Waals surface area (Å²) in [5.74, 6) is 0.262. The third kappa shape index (κ3) is 5.45. The molecule has 0 aliphatic rings. The van der Waals surface area contributed by atoms with Crippen LogP contribution in [0, 0.1) is 0 Å². The van der Waals surface area contributed by atoms with E-state index in [2.05, 4.69) is 12.0 Å². The van der Waals surface area contributed by atoms with Crippen molar-refractivity contribution in [2.24, 2.45) is 0 Å². The molecular formula is C12H22N2O. The standard InChI is InChI=1S/C12H22N2O/c1-2-3-4-5-6-7-8-9-14-11-12(15)10-13-14/h10-11,15H,2-9H2,1H3. The van der Waals surface area contributed by atoms with Gasteiger partial charge < -0.3 is 5.11 Å². The summed E-state index contributed by atoms with van der Waals surface area (Å²) in [6.07, 6.45) is 12.3. The van der Waals surface area contributed by atoms with Gasteiger partial charge in [-0.25, -0.2) is 0 Å². The van der Waals surface area contributed by atoms with Crippen molar-refractivity contribution in [3.05, 3.63) is 12.4 Å². The molecule has 0 unspecified atom stereocenters. The van der Waals surface area contributed by atoms with Crippen LogP contribution < -0.4 is 0 Å². The van der Waals surface area contributed by atoms with Gasteiger partial charge in [-0.1, -0.05) is 45.4 Å². The van der Waals surface area contributed by atoms with Gasteiger partial charge in [0.15, 0.2) is 5.75 Å². The Labute approximate surface area is 92.1 Å². The zero-order valence-electron chi connectivity index (χ0n) is 9.65. The Balaban J connectivity index is 1.93. The highest BCUT2D eigenvalue weighted by atomic mass is 16.3. The van der Waals surface area contributed by atoms with Crippen LogP contribution in [0.25, 0.3) is 0 Å². The molecule has 86 valence electrons. The molecule has 1 N–H and O–H groups in total. The number of aryl methyl sites for hydroxylation is 1. The minimum Gasteiger partial charge on any atom is -0.505 e.